The largest absolute Gasteiger partial charge is 0.433 e. The van der Waals surface area contributed by atoms with Crippen LogP contribution in [0.4, 0.5) is 5.88 Å². The number of nitriles is 1. The lowest BCUT2D eigenvalue weighted by atomic mass is 10.0. The van der Waals surface area contributed by atoms with Crippen LogP contribution in [0.25, 0.3) is 22.6 Å². The molecule has 0 aliphatic carbocycles. The summed E-state index contributed by atoms with van der Waals surface area (Å²) in [6, 6.07) is 15.0. The summed E-state index contributed by atoms with van der Waals surface area (Å²) in [5, 5.41) is 19.9. The molecule has 1 aromatic carbocycles. The molecule has 0 fully saturated rings. The van der Waals surface area contributed by atoms with Gasteiger partial charge >= 0.3 is 5.88 Å². The number of nitro groups is 1. The van der Waals surface area contributed by atoms with Gasteiger partial charge in [-0.3, -0.25) is 14.9 Å². The van der Waals surface area contributed by atoms with Gasteiger partial charge in [-0.1, -0.05) is 30.3 Å². The van der Waals surface area contributed by atoms with Crippen LogP contribution >= 0.6 is 0 Å². The highest BCUT2D eigenvalue weighted by Gasteiger charge is 2.18. The minimum absolute atomic E-state index is 0.0940. The summed E-state index contributed by atoms with van der Waals surface area (Å²) in [5.41, 5.74) is 0.708. The van der Waals surface area contributed by atoms with Crippen molar-refractivity contribution in [2.24, 2.45) is 0 Å². The normalized spacial score (nSPS) is 10.2. The predicted molar refractivity (Wildman–Crippen MR) is 81.6 cm³/mol. The van der Waals surface area contributed by atoms with Crippen LogP contribution in [0.15, 0.2) is 57.7 Å². The number of benzene rings is 1. The highest BCUT2D eigenvalue weighted by Crippen LogP contribution is 2.29. The number of aromatic nitrogens is 1. The second kappa shape index (κ2) is 5.61. The number of H-pyrrole nitrogens is 1. The lowest BCUT2D eigenvalue weighted by Gasteiger charge is -2.05. The molecule has 0 radical (unpaired) electrons. The van der Waals surface area contributed by atoms with Crippen molar-refractivity contribution in [1.29, 1.82) is 5.26 Å². The first-order chi connectivity index (χ1) is 11.1. The van der Waals surface area contributed by atoms with Crippen LogP contribution in [-0.2, 0) is 0 Å². The van der Waals surface area contributed by atoms with E-state index < -0.39 is 16.4 Å². The van der Waals surface area contributed by atoms with E-state index in [-0.39, 0.29) is 16.9 Å². The van der Waals surface area contributed by atoms with E-state index in [1.807, 2.05) is 18.2 Å². The molecule has 1 N–H and O–H groups in total. The van der Waals surface area contributed by atoms with Gasteiger partial charge in [-0.15, -0.1) is 0 Å². The van der Waals surface area contributed by atoms with Crippen molar-refractivity contribution in [2.45, 2.75) is 0 Å². The number of rotatable bonds is 3. The Labute approximate surface area is 129 Å². The van der Waals surface area contributed by atoms with Crippen LogP contribution in [0.3, 0.4) is 0 Å². The van der Waals surface area contributed by atoms with Gasteiger partial charge in [0.15, 0.2) is 0 Å². The molecule has 0 saturated carbocycles. The van der Waals surface area contributed by atoms with E-state index in [1.54, 1.807) is 24.3 Å². The zero-order valence-electron chi connectivity index (χ0n) is 11.6. The molecule has 0 aliphatic rings. The third-order valence-electron chi connectivity index (χ3n) is 3.27. The maximum absolute atomic E-state index is 12.1. The Hall–Kier alpha value is -3.66. The van der Waals surface area contributed by atoms with E-state index in [0.717, 1.165) is 5.56 Å². The van der Waals surface area contributed by atoms with Gasteiger partial charge in [0.25, 0.3) is 5.56 Å². The maximum Gasteiger partial charge on any atom is 0.433 e. The molecule has 112 valence electrons. The van der Waals surface area contributed by atoms with Gasteiger partial charge in [0.2, 0.25) is 0 Å². The fourth-order valence-corrected chi connectivity index (χ4v) is 2.21. The molecular formula is C16H9N3O4. The first-order valence-electron chi connectivity index (χ1n) is 6.57. The van der Waals surface area contributed by atoms with Gasteiger partial charge in [-0.25, -0.2) is 0 Å². The third kappa shape index (κ3) is 2.61. The van der Waals surface area contributed by atoms with E-state index >= 15 is 0 Å². The van der Waals surface area contributed by atoms with Crippen LogP contribution in [0.5, 0.6) is 0 Å². The number of pyridine rings is 1. The molecule has 23 heavy (non-hydrogen) atoms. The summed E-state index contributed by atoms with van der Waals surface area (Å²) in [7, 11) is 0. The molecule has 2 aromatic heterocycles. The minimum Gasteiger partial charge on any atom is -0.401 e. The quantitative estimate of drug-likeness (QED) is 0.590. The molecule has 0 atom stereocenters. The smallest absolute Gasteiger partial charge is 0.401 e. The standard InChI is InChI=1S/C16H9N3O4/c17-9-12-11(14-6-7-15(23-14)19(21)22)8-13(18-16(12)20)10-4-2-1-3-5-10/h1-8H,(H,18,20). The highest BCUT2D eigenvalue weighted by molar-refractivity contribution is 5.72. The van der Waals surface area contributed by atoms with Crippen molar-refractivity contribution < 1.29 is 9.34 Å². The molecule has 3 rings (SSSR count). The van der Waals surface area contributed by atoms with E-state index in [4.69, 9.17) is 4.42 Å². The van der Waals surface area contributed by atoms with Crippen molar-refractivity contribution in [3.8, 4) is 28.7 Å². The van der Waals surface area contributed by atoms with E-state index in [1.165, 1.54) is 12.1 Å². The van der Waals surface area contributed by atoms with Crippen molar-refractivity contribution in [3.63, 3.8) is 0 Å². The maximum atomic E-state index is 12.1. The third-order valence-corrected chi connectivity index (χ3v) is 3.27. The van der Waals surface area contributed by atoms with Gasteiger partial charge < -0.3 is 9.40 Å². The Kier molecular flexibility index (Phi) is 3.49. The lowest BCUT2D eigenvalue weighted by molar-refractivity contribution is -0.401. The second-order valence-corrected chi connectivity index (χ2v) is 4.67. The Bertz CT molecular complexity index is 981. The summed E-state index contributed by atoms with van der Waals surface area (Å²) in [5.74, 6) is -0.359. The highest BCUT2D eigenvalue weighted by atomic mass is 16.6. The number of nitrogens with zero attached hydrogens (tertiary/aromatic N) is 2. The molecule has 0 aliphatic heterocycles. The lowest BCUT2D eigenvalue weighted by Crippen LogP contribution is -2.12. The number of aromatic amines is 1. The molecule has 7 heteroatoms. The molecular weight excluding hydrogens is 298 g/mol. The van der Waals surface area contributed by atoms with E-state index in [0.29, 0.717) is 5.69 Å². The van der Waals surface area contributed by atoms with Gasteiger partial charge in [0, 0.05) is 11.3 Å². The van der Waals surface area contributed by atoms with Crippen LogP contribution in [0.1, 0.15) is 5.56 Å². The summed E-state index contributed by atoms with van der Waals surface area (Å²) >= 11 is 0. The molecule has 2 heterocycles. The van der Waals surface area contributed by atoms with Gasteiger partial charge in [0.1, 0.15) is 22.3 Å². The van der Waals surface area contributed by atoms with Crippen LogP contribution < -0.4 is 5.56 Å². The first kappa shape index (κ1) is 14.3. The predicted octanol–water partition coefficient (Wildman–Crippen LogP) is 3.08. The average Bonchev–Trinajstić information content (AvgIpc) is 3.05. The molecule has 0 amide bonds. The summed E-state index contributed by atoms with van der Waals surface area (Å²) in [4.78, 5) is 24.8. The Balaban J connectivity index is 2.22. The fourth-order valence-electron chi connectivity index (χ4n) is 2.21. The monoisotopic (exact) mass is 307 g/mol. The summed E-state index contributed by atoms with van der Waals surface area (Å²) < 4.78 is 5.12. The number of nitrogens with one attached hydrogen (secondary N) is 1. The van der Waals surface area contributed by atoms with E-state index in [9.17, 15) is 20.2 Å². The zero-order valence-corrected chi connectivity index (χ0v) is 11.6. The summed E-state index contributed by atoms with van der Waals surface area (Å²) in [6.07, 6.45) is 0. The molecule has 0 bridgehead atoms. The number of furan rings is 1. The van der Waals surface area contributed by atoms with Crippen molar-refractivity contribution in [2.75, 3.05) is 0 Å². The van der Waals surface area contributed by atoms with E-state index in [2.05, 4.69) is 4.98 Å². The molecule has 7 nitrogen and oxygen atoms in total. The molecule has 0 unspecified atom stereocenters. The van der Waals surface area contributed by atoms with Gasteiger partial charge in [-0.2, -0.15) is 5.26 Å². The zero-order chi connectivity index (χ0) is 16.4. The Morgan fingerprint density at radius 1 is 1.17 bits per heavy atom. The Morgan fingerprint density at radius 3 is 2.52 bits per heavy atom. The molecule has 0 spiro atoms. The molecule has 0 saturated heterocycles. The van der Waals surface area contributed by atoms with Crippen molar-refractivity contribution >= 4 is 5.88 Å². The minimum atomic E-state index is -0.680. The SMILES string of the molecule is N#Cc1c(-c2ccc([N+](=O)[O-])o2)cc(-c2ccccc2)[nH]c1=O. The van der Waals surface area contributed by atoms with Crippen molar-refractivity contribution in [1.82, 2.24) is 4.98 Å². The van der Waals surface area contributed by atoms with Gasteiger partial charge in [0.05, 0.1) is 6.07 Å². The topological polar surface area (TPSA) is 113 Å². The van der Waals surface area contributed by atoms with Crippen LogP contribution in [0, 0.1) is 21.4 Å². The Morgan fingerprint density at radius 2 is 1.91 bits per heavy atom. The second-order valence-electron chi connectivity index (χ2n) is 4.67. The van der Waals surface area contributed by atoms with Crippen molar-refractivity contribution in [3.05, 3.63) is 74.6 Å². The number of hydrogen-bond donors (Lipinski definition) is 1. The fraction of sp³-hybridized carbons (Fsp3) is 0. The van der Waals surface area contributed by atoms with Crippen LogP contribution in [-0.4, -0.2) is 9.91 Å². The summed E-state index contributed by atoms with van der Waals surface area (Å²) in [6.45, 7) is 0. The number of hydrogen-bond acceptors (Lipinski definition) is 5. The average molecular weight is 307 g/mol. The van der Waals surface area contributed by atoms with Gasteiger partial charge in [-0.05, 0) is 17.7 Å². The van der Waals surface area contributed by atoms with Crippen LogP contribution in [0.2, 0.25) is 0 Å². The first-order valence-corrected chi connectivity index (χ1v) is 6.57. The molecule has 3 aromatic rings.